The fraction of sp³-hybridized carbons (Fsp3) is 0.148. The van der Waals surface area contributed by atoms with Gasteiger partial charge in [0.15, 0.2) is 0 Å². The zero-order chi connectivity index (χ0) is 30.6. The summed E-state index contributed by atoms with van der Waals surface area (Å²) in [6.45, 7) is -0.450. The van der Waals surface area contributed by atoms with Gasteiger partial charge in [0.2, 0.25) is 11.9 Å². The van der Waals surface area contributed by atoms with Crippen LogP contribution >= 0.6 is 11.6 Å². The first-order valence-corrected chi connectivity index (χ1v) is 12.5. The molecule has 42 heavy (non-hydrogen) atoms. The molecule has 0 aliphatic carbocycles. The molecule has 0 saturated carbocycles. The third-order valence-electron chi connectivity index (χ3n) is 5.71. The molecule has 3 aromatic carbocycles. The summed E-state index contributed by atoms with van der Waals surface area (Å²) >= 11 is 6.39. The second-order valence-corrected chi connectivity index (χ2v) is 9.02. The van der Waals surface area contributed by atoms with E-state index in [0.29, 0.717) is 22.5 Å². The van der Waals surface area contributed by atoms with E-state index in [9.17, 15) is 19.2 Å². The van der Waals surface area contributed by atoms with Crippen LogP contribution in [0.5, 0.6) is 5.75 Å². The highest BCUT2D eigenvalue weighted by atomic mass is 35.5. The van der Waals surface area contributed by atoms with E-state index in [0.717, 1.165) is 0 Å². The van der Waals surface area contributed by atoms with Crippen LogP contribution in [0.1, 0.15) is 27.9 Å². The number of nitrogens with zero attached hydrogens (tertiary/aromatic N) is 3. The largest absolute Gasteiger partial charge is 0.481 e. The van der Waals surface area contributed by atoms with Crippen LogP contribution in [0, 0.1) is 5.41 Å². The van der Waals surface area contributed by atoms with Crippen LogP contribution in [0.25, 0.3) is 0 Å². The van der Waals surface area contributed by atoms with Gasteiger partial charge in [-0.2, -0.15) is 5.90 Å². The van der Waals surface area contributed by atoms with Gasteiger partial charge in [-0.1, -0.05) is 40.1 Å². The summed E-state index contributed by atoms with van der Waals surface area (Å²) in [7, 11) is 0. The number of esters is 1. The Hall–Kier alpha value is -5.34. The third-order valence-corrected chi connectivity index (χ3v) is 6.06. The number of carbonyl (C=O) groups excluding carboxylic acids is 3. The maximum Gasteiger partial charge on any atom is 0.344 e. The first-order valence-electron chi connectivity index (χ1n) is 12.2. The molecule has 14 nitrogen and oxygen atoms in total. The number of ether oxygens (including phenoxy) is 1. The highest BCUT2D eigenvalue weighted by Gasteiger charge is 2.21. The van der Waals surface area contributed by atoms with Crippen LogP contribution in [0.2, 0.25) is 5.02 Å². The van der Waals surface area contributed by atoms with Crippen molar-refractivity contribution < 1.29 is 33.9 Å². The van der Waals surface area contributed by atoms with Crippen molar-refractivity contribution in [3.05, 3.63) is 88.4 Å². The van der Waals surface area contributed by atoms with Gasteiger partial charge in [-0.05, 0) is 66.1 Å². The molecule has 0 radical (unpaired) electrons. The first kappa shape index (κ1) is 31.2. The molecule has 0 saturated heterocycles. The van der Waals surface area contributed by atoms with Gasteiger partial charge < -0.3 is 30.7 Å². The molecule has 0 aliphatic heterocycles. The Balaban J connectivity index is 1.63. The maximum atomic E-state index is 13.1. The van der Waals surface area contributed by atoms with Crippen molar-refractivity contribution in [1.82, 2.24) is 0 Å². The normalized spacial score (nSPS) is 10.6. The number of hydrogen-bond acceptors (Lipinski definition) is 9. The average Bonchev–Trinajstić information content (AvgIpc) is 2.96. The number of carbonyl (C=O) groups is 4. The number of carboxylic acid groups (broad SMARTS) is 1. The van der Waals surface area contributed by atoms with E-state index >= 15 is 0 Å². The number of anilines is 2. The van der Waals surface area contributed by atoms with Crippen LogP contribution in [0.4, 0.5) is 11.4 Å². The number of carboxylic acids is 1. The highest BCUT2D eigenvalue weighted by molar-refractivity contribution is 6.31. The van der Waals surface area contributed by atoms with Crippen LogP contribution < -0.4 is 26.7 Å². The molecule has 0 unspecified atom stereocenters. The van der Waals surface area contributed by atoms with Crippen molar-refractivity contribution in [2.45, 2.75) is 19.3 Å². The molecule has 3 rings (SSSR count). The van der Waals surface area contributed by atoms with E-state index in [1.165, 1.54) is 41.3 Å². The highest BCUT2D eigenvalue weighted by Crippen LogP contribution is 2.26. The number of aliphatic carboxylic acids is 1. The molecule has 7 N–H and O–H groups in total. The molecule has 218 valence electrons. The SMILES string of the molecule is N=C(N=NN)Nc1ccc(C(=O)Oc2ccc(CCC(=O)N(CC(=O)ON)c3ccc(CC(=O)O)cc3)c(Cl)c2)cc1. The number of rotatable bonds is 11. The zero-order valence-corrected chi connectivity index (χ0v) is 22.7. The summed E-state index contributed by atoms with van der Waals surface area (Å²) in [6.07, 6.45) is -0.0367. The Morgan fingerprint density at radius 3 is 2.31 bits per heavy atom. The average molecular weight is 596 g/mol. The van der Waals surface area contributed by atoms with Crippen molar-refractivity contribution in [3.8, 4) is 5.75 Å². The Bertz CT molecular complexity index is 1500. The second kappa shape index (κ2) is 14.9. The number of benzene rings is 3. The fourth-order valence-corrected chi connectivity index (χ4v) is 3.97. The Kier molecular flexibility index (Phi) is 11.0. The number of nitrogens with two attached hydrogens (primary N) is 2. The molecular formula is C27H26ClN7O7. The minimum atomic E-state index is -1.00. The first-order chi connectivity index (χ1) is 20.1. The van der Waals surface area contributed by atoms with Crippen molar-refractivity contribution >= 4 is 52.8 Å². The minimum absolute atomic E-state index is 0.0436. The lowest BCUT2D eigenvalue weighted by molar-refractivity contribution is -0.143. The smallest absolute Gasteiger partial charge is 0.344 e. The molecule has 0 spiro atoms. The van der Waals surface area contributed by atoms with Crippen LogP contribution in [-0.2, 0) is 32.1 Å². The molecule has 0 bridgehead atoms. The van der Waals surface area contributed by atoms with E-state index in [1.54, 1.807) is 30.3 Å². The van der Waals surface area contributed by atoms with Gasteiger partial charge in [0.25, 0.3) is 0 Å². The summed E-state index contributed by atoms with van der Waals surface area (Å²) in [5.41, 5.74) is 2.20. The van der Waals surface area contributed by atoms with Crippen molar-refractivity contribution in [2.24, 2.45) is 22.1 Å². The predicted octanol–water partition coefficient (Wildman–Crippen LogP) is 3.24. The molecule has 0 heterocycles. The lowest BCUT2D eigenvalue weighted by atomic mass is 10.1. The van der Waals surface area contributed by atoms with Gasteiger partial charge in [-0.25, -0.2) is 9.59 Å². The Labute approximate surface area is 244 Å². The number of nitrogens with one attached hydrogen (secondary N) is 2. The molecule has 0 fully saturated rings. The predicted molar refractivity (Wildman–Crippen MR) is 152 cm³/mol. The third kappa shape index (κ3) is 9.11. The van der Waals surface area contributed by atoms with E-state index < -0.39 is 30.4 Å². The van der Waals surface area contributed by atoms with Gasteiger partial charge >= 0.3 is 17.9 Å². The van der Waals surface area contributed by atoms with Gasteiger partial charge in [0.1, 0.15) is 12.3 Å². The summed E-state index contributed by atoms with van der Waals surface area (Å²) < 4.78 is 5.40. The van der Waals surface area contributed by atoms with Crippen molar-refractivity contribution in [3.63, 3.8) is 0 Å². The van der Waals surface area contributed by atoms with Crippen LogP contribution in [0.15, 0.2) is 77.1 Å². The number of guanidine groups is 1. The van der Waals surface area contributed by atoms with E-state index in [-0.39, 0.29) is 41.6 Å². The van der Waals surface area contributed by atoms with E-state index in [1.807, 2.05) is 0 Å². The summed E-state index contributed by atoms with van der Waals surface area (Å²) in [5, 5.41) is 25.7. The molecule has 3 aromatic rings. The number of halogens is 1. The number of aryl methyl sites for hydroxylation is 1. The van der Waals surface area contributed by atoms with Crippen molar-refractivity contribution in [1.29, 1.82) is 5.41 Å². The second-order valence-electron chi connectivity index (χ2n) is 8.62. The lowest BCUT2D eigenvalue weighted by Gasteiger charge is -2.22. The van der Waals surface area contributed by atoms with Crippen LogP contribution in [0.3, 0.4) is 0 Å². The number of amides is 1. The molecule has 0 aliphatic rings. The van der Waals surface area contributed by atoms with E-state index in [2.05, 4.69) is 20.5 Å². The Morgan fingerprint density at radius 1 is 1.02 bits per heavy atom. The fourth-order valence-electron chi connectivity index (χ4n) is 3.70. The van der Waals surface area contributed by atoms with Crippen molar-refractivity contribution in [2.75, 3.05) is 16.8 Å². The Morgan fingerprint density at radius 2 is 1.71 bits per heavy atom. The van der Waals surface area contributed by atoms with Gasteiger partial charge in [-0.3, -0.25) is 15.0 Å². The van der Waals surface area contributed by atoms with Gasteiger partial charge in [0, 0.05) is 22.8 Å². The molecule has 1 amide bonds. The molecular weight excluding hydrogens is 570 g/mol. The van der Waals surface area contributed by atoms with Gasteiger partial charge in [-0.15, -0.1) is 0 Å². The summed E-state index contributed by atoms with van der Waals surface area (Å²) in [5.74, 6) is 6.84. The monoisotopic (exact) mass is 595 g/mol. The number of hydrogen-bond donors (Lipinski definition) is 5. The topological polar surface area (TPSA) is 223 Å². The standard InChI is InChI=1S/C27H26ClN7O7/c28-22-14-21(41-26(40)18-3-7-19(8-4-18)32-27(29)33-34-30)11-5-17(22)6-12-23(36)35(15-25(39)42-31)20-9-1-16(2-10-20)13-24(37)38/h1-5,7-11,14H,6,12-13,15,31H2,(H,37,38)(H4,29,30,32,33). The van der Waals surface area contributed by atoms with Crippen LogP contribution in [-0.4, -0.2) is 41.4 Å². The van der Waals surface area contributed by atoms with E-state index in [4.69, 9.17) is 38.6 Å². The van der Waals surface area contributed by atoms with Gasteiger partial charge in [0.05, 0.1) is 12.0 Å². The molecule has 15 heteroatoms. The molecule has 0 aromatic heterocycles. The zero-order valence-electron chi connectivity index (χ0n) is 22.0. The quantitative estimate of drug-likeness (QED) is 0.0413. The summed E-state index contributed by atoms with van der Waals surface area (Å²) in [4.78, 5) is 53.8. The lowest BCUT2D eigenvalue weighted by Crippen LogP contribution is -2.37. The maximum absolute atomic E-state index is 13.1. The molecule has 0 atom stereocenters. The minimum Gasteiger partial charge on any atom is -0.481 e. The summed E-state index contributed by atoms with van der Waals surface area (Å²) in [6, 6.07) is 16.8.